The van der Waals surface area contributed by atoms with Gasteiger partial charge < -0.3 is 20.1 Å². The van der Waals surface area contributed by atoms with E-state index in [1.165, 1.54) is 12.1 Å². The van der Waals surface area contributed by atoms with E-state index in [4.69, 9.17) is 9.47 Å². The molecule has 2 rings (SSSR count). The van der Waals surface area contributed by atoms with E-state index in [9.17, 15) is 4.39 Å². The maximum atomic E-state index is 12.9. The molecule has 1 aromatic rings. The van der Waals surface area contributed by atoms with Gasteiger partial charge >= 0.3 is 0 Å². The molecule has 1 saturated heterocycles. The second-order valence-electron chi connectivity index (χ2n) is 6.05. The van der Waals surface area contributed by atoms with E-state index in [-0.39, 0.29) is 11.9 Å². The van der Waals surface area contributed by atoms with Gasteiger partial charge in [0.1, 0.15) is 5.82 Å². The molecule has 0 spiro atoms. The largest absolute Gasteiger partial charge is 0.377 e. The van der Waals surface area contributed by atoms with E-state index >= 15 is 0 Å². The predicted octanol–water partition coefficient (Wildman–Crippen LogP) is 3.06. The van der Waals surface area contributed by atoms with E-state index in [2.05, 4.69) is 22.5 Å². The lowest BCUT2D eigenvalue weighted by atomic mass is 10.2. The van der Waals surface area contributed by atoms with Crippen molar-refractivity contribution in [2.24, 2.45) is 4.99 Å². The van der Waals surface area contributed by atoms with Gasteiger partial charge in [-0.2, -0.15) is 0 Å². The predicted molar refractivity (Wildman–Crippen MR) is 106 cm³/mol. The average Bonchev–Trinajstić information content (AvgIpc) is 3.16. The summed E-state index contributed by atoms with van der Waals surface area (Å²) in [6.45, 7) is 6.54. The highest BCUT2D eigenvalue weighted by Gasteiger charge is 2.14. The number of rotatable bonds is 11. The van der Waals surface area contributed by atoms with Crippen LogP contribution in [-0.2, 0) is 9.47 Å². The molecule has 5 nitrogen and oxygen atoms in total. The van der Waals surface area contributed by atoms with E-state index in [1.54, 1.807) is 11.8 Å². The van der Waals surface area contributed by atoms with Gasteiger partial charge in [-0.25, -0.2) is 4.39 Å². The number of guanidine groups is 1. The van der Waals surface area contributed by atoms with Crippen LogP contribution in [0.4, 0.5) is 4.39 Å². The Hall–Kier alpha value is -1.31. The number of nitrogens with one attached hydrogen (secondary N) is 2. The molecule has 1 aliphatic heterocycles. The van der Waals surface area contributed by atoms with Crippen molar-refractivity contribution in [2.45, 2.75) is 37.2 Å². The van der Waals surface area contributed by atoms with Gasteiger partial charge in [-0.3, -0.25) is 4.99 Å². The maximum absolute atomic E-state index is 12.9. The molecular weight excluding hydrogens is 353 g/mol. The zero-order valence-corrected chi connectivity index (χ0v) is 16.3. The Kier molecular flexibility index (Phi) is 10.5. The minimum atomic E-state index is -0.194. The number of benzene rings is 1. The third-order valence-electron chi connectivity index (χ3n) is 3.87. The van der Waals surface area contributed by atoms with Gasteiger partial charge in [0.25, 0.3) is 0 Å². The Labute approximate surface area is 160 Å². The summed E-state index contributed by atoms with van der Waals surface area (Å²) in [6.07, 6.45) is 3.49. The average molecular weight is 384 g/mol. The van der Waals surface area contributed by atoms with Gasteiger partial charge in [0.2, 0.25) is 0 Å². The molecule has 1 atom stereocenters. The second kappa shape index (κ2) is 12.9. The summed E-state index contributed by atoms with van der Waals surface area (Å²) in [5.74, 6) is 1.58. The SMILES string of the molecule is CCNC(=NCCCSc1ccc(F)cc1)NCCOCC1CCCO1. The molecule has 2 N–H and O–H groups in total. The molecule has 0 aromatic heterocycles. The van der Waals surface area contributed by atoms with Crippen molar-refractivity contribution in [1.82, 2.24) is 10.6 Å². The summed E-state index contributed by atoms with van der Waals surface area (Å²) in [7, 11) is 0. The number of ether oxygens (including phenoxy) is 2. The Bertz CT molecular complexity index is 522. The molecule has 1 heterocycles. The summed E-state index contributed by atoms with van der Waals surface area (Å²) in [5, 5.41) is 6.53. The lowest BCUT2D eigenvalue weighted by Gasteiger charge is -2.13. The molecular formula is C19H30FN3O2S. The topological polar surface area (TPSA) is 54.9 Å². The molecule has 1 aliphatic rings. The van der Waals surface area contributed by atoms with E-state index in [0.29, 0.717) is 13.2 Å². The molecule has 0 amide bonds. The van der Waals surface area contributed by atoms with Gasteiger partial charge in [0.05, 0.1) is 19.3 Å². The van der Waals surface area contributed by atoms with E-state index < -0.39 is 0 Å². The van der Waals surface area contributed by atoms with Crippen LogP contribution in [0.2, 0.25) is 0 Å². The first-order valence-electron chi connectivity index (χ1n) is 9.38. The number of thioether (sulfide) groups is 1. The van der Waals surface area contributed by atoms with Crippen molar-refractivity contribution in [2.75, 3.05) is 45.2 Å². The Morgan fingerprint density at radius 3 is 2.92 bits per heavy atom. The highest BCUT2D eigenvalue weighted by atomic mass is 32.2. The van der Waals surface area contributed by atoms with Crippen LogP contribution in [-0.4, -0.2) is 57.3 Å². The highest BCUT2D eigenvalue weighted by molar-refractivity contribution is 7.99. The summed E-state index contributed by atoms with van der Waals surface area (Å²) in [6, 6.07) is 6.61. The fourth-order valence-corrected chi connectivity index (χ4v) is 3.39. The first kappa shape index (κ1) is 21.0. The van der Waals surface area contributed by atoms with Crippen molar-refractivity contribution in [1.29, 1.82) is 0 Å². The summed E-state index contributed by atoms with van der Waals surface area (Å²) in [4.78, 5) is 5.66. The zero-order chi connectivity index (χ0) is 18.5. The van der Waals surface area contributed by atoms with Crippen molar-refractivity contribution in [3.05, 3.63) is 30.1 Å². The molecule has 0 bridgehead atoms. The molecule has 1 aromatic carbocycles. The molecule has 0 radical (unpaired) electrons. The number of aliphatic imine (C=N–C) groups is 1. The molecule has 1 unspecified atom stereocenters. The molecule has 26 heavy (non-hydrogen) atoms. The Balaban J connectivity index is 1.55. The van der Waals surface area contributed by atoms with E-state index in [0.717, 1.165) is 62.1 Å². The van der Waals surface area contributed by atoms with Gasteiger partial charge in [0.15, 0.2) is 5.96 Å². The van der Waals surface area contributed by atoms with Crippen molar-refractivity contribution >= 4 is 17.7 Å². The molecule has 146 valence electrons. The lowest BCUT2D eigenvalue weighted by Crippen LogP contribution is -2.39. The monoisotopic (exact) mass is 383 g/mol. The van der Waals surface area contributed by atoms with Crippen molar-refractivity contribution < 1.29 is 13.9 Å². The van der Waals surface area contributed by atoms with Crippen LogP contribution in [0.15, 0.2) is 34.2 Å². The van der Waals surface area contributed by atoms with Crippen LogP contribution in [0.1, 0.15) is 26.2 Å². The van der Waals surface area contributed by atoms with Crippen LogP contribution in [0.3, 0.4) is 0 Å². The third-order valence-corrected chi connectivity index (χ3v) is 4.96. The smallest absolute Gasteiger partial charge is 0.191 e. The van der Waals surface area contributed by atoms with Crippen molar-refractivity contribution in [3.63, 3.8) is 0 Å². The quantitative estimate of drug-likeness (QED) is 0.266. The summed E-state index contributed by atoms with van der Waals surface area (Å²) >= 11 is 1.72. The van der Waals surface area contributed by atoms with Gasteiger partial charge in [-0.05, 0) is 56.2 Å². The van der Waals surface area contributed by atoms with Crippen LogP contribution < -0.4 is 10.6 Å². The summed E-state index contributed by atoms with van der Waals surface area (Å²) in [5.41, 5.74) is 0. The fraction of sp³-hybridized carbons (Fsp3) is 0.632. The van der Waals surface area contributed by atoms with Gasteiger partial charge in [0, 0.05) is 31.1 Å². The zero-order valence-electron chi connectivity index (χ0n) is 15.5. The normalized spacial score (nSPS) is 17.5. The lowest BCUT2D eigenvalue weighted by molar-refractivity contribution is 0.0191. The van der Waals surface area contributed by atoms with Crippen LogP contribution in [0.25, 0.3) is 0 Å². The van der Waals surface area contributed by atoms with Crippen LogP contribution in [0, 0.1) is 5.82 Å². The third kappa shape index (κ3) is 8.87. The molecule has 7 heteroatoms. The number of halogens is 1. The standard InChI is InChI=1S/C19H30FN3O2S/c1-2-21-19(23-11-13-24-15-17-5-3-12-25-17)22-10-4-14-26-18-8-6-16(20)7-9-18/h6-9,17H,2-5,10-15H2,1H3,(H2,21,22,23). The number of nitrogens with zero attached hydrogens (tertiary/aromatic N) is 1. The second-order valence-corrected chi connectivity index (χ2v) is 7.22. The first-order valence-corrected chi connectivity index (χ1v) is 10.4. The molecule has 0 saturated carbocycles. The minimum absolute atomic E-state index is 0.194. The van der Waals surface area contributed by atoms with Crippen LogP contribution in [0.5, 0.6) is 0 Å². The number of hydrogen-bond donors (Lipinski definition) is 2. The molecule has 1 fully saturated rings. The van der Waals surface area contributed by atoms with Crippen LogP contribution >= 0.6 is 11.8 Å². The highest BCUT2D eigenvalue weighted by Crippen LogP contribution is 2.18. The Morgan fingerprint density at radius 1 is 1.35 bits per heavy atom. The molecule has 0 aliphatic carbocycles. The fourth-order valence-electron chi connectivity index (χ4n) is 2.55. The van der Waals surface area contributed by atoms with Gasteiger partial charge in [-0.1, -0.05) is 0 Å². The maximum Gasteiger partial charge on any atom is 0.191 e. The number of hydrogen-bond acceptors (Lipinski definition) is 4. The van der Waals surface area contributed by atoms with E-state index in [1.807, 2.05) is 12.1 Å². The van der Waals surface area contributed by atoms with Gasteiger partial charge in [-0.15, -0.1) is 11.8 Å². The summed E-state index contributed by atoms with van der Waals surface area (Å²) < 4.78 is 24.0. The minimum Gasteiger partial charge on any atom is -0.377 e. The Morgan fingerprint density at radius 2 is 2.19 bits per heavy atom. The van der Waals surface area contributed by atoms with Crippen molar-refractivity contribution in [3.8, 4) is 0 Å². The first-order chi connectivity index (χ1) is 12.8.